The molecule has 2 heterocycles. The van der Waals surface area contributed by atoms with Crippen molar-refractivity contribution in [1.82, 2.24) is 0 Å². The van der Waals surface area contributed by atoms with Crippen LogP contribution in [0.25, 0.3) is 22.3 Å². The molecule has 2 aromatic carbocycles. The van der Waals surface area contributed by atoms with Crippen LogP contribution in [0.1, 0.15) is 6.92 Å². The number of aliphatic hydroxyl groups is 3. The third-order valence-electron chi connectivity index (χ3n) is 5.22. The summed E-state index contributed by atoms with van der Waals surface area (Å²) >= 11 is 0. The van der Waals surface area contributed by atoms with Crippen LogP contribution >= 0.6 is 0 Å². The van der Waals surface area contributed by atoms with Gasteiger partial charge in [0, 0.05) is 23.8 Å². The lowest BCUT2D eigenvalue weighted by atomic mass is 10.00. The highest BCUT2D eigenvalue weighted by atomic mass is 16.7. The van der Waals surface area contributed by atoms with E-state index in [2.05, 4.69) is 0 Å². The number of phenols is 1. The number of hydrogen-bond donors (Lipinski definition) is 4. The first-order chi connectivity index (χ1) is 14.8. The lowest BCUT2D eigenvalue weighted by Gasteiger charge is -2.38. The Morgan fingerprint density at radius 2 is 1.65 bits per heavy atom. The summed E-state index contributed by atoms with van der Waals surface area (Å²) in [6, 6.07) is 10.7. The van der Waals surface area contributed by atoms with Gasteiger partial charge in [-0.3, -0.25) is 4.79 Å². The molecule has 0 spiro atoms. The lowest BCUT2D eigenvalue weighted by Crippen LogP contribution is -2.58. The molecular formula is C22H22O9. The van der Waals surface area contributed by atoms with Gasteiger partial charge in [0.1, 0.15) is 52.3 Å². The Labute approximate surface area is 176 Å². The zero-order valence-electron chi connectivity index (χ0n) is 16.8. The van der Waals surface area contributed by atoms with Gasteiger partial charge in [0.25, 0.3) is 0 Å². The van der Waals surface area contributed by atoms with Gasteiger partial charge in [0.05, 0.1) is 13.2 Å². The average molecular weight is 430 g/mol. The maximum Gasteiger partial charge on any atom is 0.229 e. The number of aliphatic hydroxyl groups excluding tert-OH is 3. The van der Waals surface area contributed by atoms with Crippen LogP contribution in [-0.4, -0.2) is 58.2 Å². The molecule has 1 aliphatic rings. The first-order valence-corrected chi connectivity index (χ1v) is 9.60. The minimum atomic E-state index is -1.53. The first kappa shape index (κ1) is 21.1. The largest absolute Gasteiger partial charge is 0.507 e. The average Bonchev–Trinajstić information content (AvgIpc) is 2.75. The molecule has 164 valence electrons. The molecule has 5 unspecified atom stereocenters. The third kappa shape index (κ3) is 3.96. The molecular weight excluding hydrogens is 408 g/mol. The molecule has 0 radical (unpaired) electrons. The third-order valence-corrected chi connectivity index (χ3v) is 5.22. The predicted octanol–water partition coefficient (Wildman–Crippen LogP) is 1.38. The van der Waals surface area contributed by atoms with Crippen molar-refractivity contribution in [2.75, 3.05) is 7.11 Å². The fourth-order valence-corrected chi connectivity index (χ4v) is 3.45. The summed E-state index contributed by atoms with van der Waals surface area (Å²) in [5, 5.41) is 40.2. The van der Waals surface area contributed by atoms with E-state index in [-0.39, 0.29) is 28.2 Å². The first-order valence-electron chi connectivity index (χ1n) is 9.60. The van der Waals surface area contributed by atoms with Crippen LogP contribution in [0.15, 0.2) is 51.7 Å². The molecule has 0 aliphatic carbocycles. The Morgan fingerprint density at radius 3 is 2.32 bits per heavy atom. The van der Waals surface area contributed by atoms with Gasteiger partial charge < -0.3 is 39.1 Å². The van der Waals surface area contributed by atoms with Crippen LogP contribution in [0, 0.1) is 0 Å². The Morgan fingerprint density at radius 1 is 0.935 bits per heavy atom. The van der Waals surface area contributed by atoms with Gasteiger partial charge >= 0.3 is 0 Å². The summed E-state index contributed by atoms with van der Waals surface area (Å²) in [4.78, 5) is 12.6. The molecule has 1 saturated heterocycles. The molecule has 1 aliphatic heterocycles. The standard InChI is InChI=1S/C22H22O9/c1-10-19(25)20(26)21(27)22(29-10)30-13-7-14(23)18-15(24)9-16(31-17(18)8-13)11-3-5-12(28-2)6-4-11/h3-10,19-23,25-27H,1-2H3. The molecule has 31 heavy (non-hydrogen) atoms. The van der Waals surface area contributed by atoms with Crippen molar-refractivity contribution in [1.29, 1.82) is 0 Å². The second-order valence-corrected chi connectivity index (χ2v) is 7.32. The number of benzene rings is 2. The smallest absolute Gasteiger partial charge is 0.229 e. The van der Waals surface area contributed by atoms with E-state index in [1.165, 1.54) is 25.1 Å². The van der Waals surface area contributed by atoms with Crippen LogP contribution in [0.5, 0.6) is 17.2 Å². The molecule has 9 nitrogen and oxygen atoms in total. The highest BCUT2D eigenvalue weighted by Gasteiger charge is 2.43. The minimum absolute atomic E-state index is 0.0291. The van der Waals surface area contributed by atoms with Gasteiger partial charge in [-0.15, -0.1) is 0 Å². The Balaban J connectivity index is 1.70. The molecule has 4 N–H and O–H groups in total. The molecule has 0 saturated carbocycles. The topological polar surface area (TPSA) is 139 Å². The number of hydrogen-bond acceptors (Lipinski definition) is 9. The van der Waals surface area contributed by atoms with Crippen molar-refractivity contribution in [3.63, 3.8) is 0 Å². The number of rotatable bonds is 4. The van der Waals surface area contributed by atoms with E-state index >= 15 is 0 Å². The summed E-state index contributed by atoms with van der Waals surface area (Å²) in [7, 11) is 1.54. The molecule has 5 atom stereocenters. The highest BCUT2D eigenvalue weighted by Crippen LogP contribution is 2.33. The fraction of sp³-hybridized carbons (Fsp3) is 0.318. The van der Waals surface area contributed by atoms with E-state index in [1.54, 1.807) is 31.4 Å². The molecule has 9 heteroatoms. The summed E-state index contributed by atoms with van der Waals surface area (Å²) in [5.41, 5.74) is 0.243. The maximum atomic E-state index is 12.6. The van der Waals surface area contributed by atoms with Gasteiger partial charge in [0.2, 0.25) is 6.29 Å². The van der Waals surface area contributed by atoms with Crippen molar-refractivity contribution in [2.24, 2.45) is 0 Å². The highest BCUT2D eigenvalue weighted by molar-refractivity contribution is 5.86. The molecule has 0 amide bonds. The van der Waals surface area contributed by atoms with Crippen molar-refractivity contribution in [2.45, 2.75) is 37.6 Å². The SMILES string of the molecule is COc1ccc(-c2cc(=O)c3c(O)cc(OC4OC(C)C(O)C(O)C4O)cc3o2)cc1. The normalized spacial score (nSPS) is 26.0. The van der Waals surface area contributed by atoms with E-state index in [1.807, 2.05) is 0 Å². The monoisotopic (exact) mass is 430 g/mol. The molecule has 3 aromatic rings. The zero-order chi connectivity index (χ0) is 22.3. The second-order valence-electron chi connectivity index (χ2n) is 7.32. The Kier molecular flexibility index (Phi) is 5.59. The van der Waals surface area contributed by atoms with E-state index in [4.69, 9.17) is 18.6 Å². The number of phenolic OH excluding ortho intramolecular Hbond substituents is 1. The van der Waals surface area contributed by atoms with Crippen LogP contribution < -0.4 is 14.9 Å². The second kappa shape index (κ2) is 8.20. The summed E-state index contributed by atoms with van der Waals surface area (Å²) in [6.45, 7) is 1.52. The summed E-state index contributed by atoms with van der Waals surface area (Å²) in [6.07, 6.45) is -6.37. The van der Waals surface area contributed by atoms with Crippen molar-refractivity contribution in [3.8, 4) is 28.6 Å². The minimum Gasteiger partial charge on any atom is -0.507 e. The van der Waals surface area contributed by atoms with E-state index in [0.29, 0.717) is 11.3 Å². The van der Waals surface area contributed by atoms with E-state index in [0.717, 1.165) is 0 Å². The number of ether oxygens (including phenoxy) is 3. The number of methoxy groups -OCH3 is 1. The van der Waals surface area contributed by atoms with Crippen LogP contribution in [-0.2, 0) is 4.74 Å². The predicted molar refractivity (Wildman–Crippen MR) is 109 cm³/mol. The van der Waals surface area contributed by atoms with Crippen LogP contribution in [0.3, 0.4) is 0 Å². The number of aromatic hydroxyl groups is 1. The summed E-state index contributed by atoms with van der Waals surface area (Å²) < 4.78 is 21.9. The van der Waals surface area contributed by atoms with Crippen molar-refractivity contribution in [3.05, 3.63) is 52.7 Å². The Hall–Kier alpha value is -3.11. The van der Waals surface area contributed by atoms with Gasteiger partial charge in [-0.1, -0.05) is 0 Å². The molecule has 1 fully saturated rings. The molecule has 1 aromatic heterocycles. The van der Waals surface area contributed by atoms with Crippen molar-refractivity contribution < 1.29 is 39.1 Å². The van der Waals surface area contributed by atoms with Gasteiger partial charge in [0.15, 0.2) is 5.43 Å². The molecule has 0 bridgehead atoms. The number of fused-ring (bicyclic) bond motifs is 1. The van der Waals surface area contributed by atoms with E-state index in [9.17, 15) is 25.2 Å². The fourth-order valence-electron chi connectivity index (χ4n) is 3.45. The van der Waals surface area contributed by atoms with E-state index < -0.39 is 36.1 Å². The van der Waals surface area contributed by atoms with Crippen molar-refractivity contribution >= 4 is 11.0 Å². The zero-order valence-corrected chi connectivity index (χ0v) is 16.8. The Bertz CT molecular complexity index is 1140. The van der Waals surface area contributed by atoms with Gasteiger partial charge in [-0.05, 0) is 31.2 Å². The summed E-state index contributed by atoms with van der Waals surface area (Å²) in [5.74, 6) is 0.590. The van der Waals surface area contributed by atoms with Crippen LogP contribution in [0.2, 0.25) is 0 Å². The quantitative estimate of drug-likeness (QED) is 0.483. The molecule has 4 rings (SSSR count). The van der Waals surface area contributed by atoms with Crippen LogP contribution in [0.4, 0.5) is 0 Å². The maximum absolute atomic E-state index is 12.6. The van der Waals surface area contributed by atoms with Gasteiger partial charge in [-0.25, -0.2) is 0 Å². The van der Waals surface area contributed by atoms with Gasteiger partial charge in [-0.2, -0.15) is 0 Å². The lowest BCUT2D eigenvalue weighted by molar-refractivity contribution is -0.268.